The van der Waals surface area contributed by atoms with Crippen molar-refractivity contribution in [3.05, 3.63) is 30.1 Å². The molecule has 1 aromatic rings. The van der Waals surface area contributed by atoms with Crippen molar-refractivity contribution >= 4 is 17.7 Å². The van der Waals surface area contributed by atoms with E-state index in [9.17, 15) is 4.79 Å². The van der Waals surface area contributed by atoms with E-state index in [-0.39, 0.29) is 0 Å². The second kappa shape index (κ2) is 4.87. The van der Waals surface area contributed by atoms with E-state index < -0.39 is 11.9 Å². The maximum Gasteiger partial charge on any atom is 0.313 e. The fraction of sp³-hybridized carbons (Fsp3) is 0.333. The van der Waals surface area contributed by atoms with Gasteiger partial charge in [0.25, 0.3) is 0 Å². The Bertz CT molecular complexity index is 276. The van der Waals surface area contributed by atoms with E-state index in [1.54, 1.807) is 24.4 Å². The monoisotopic (exact) mass is 197 g/mol. The van der Waals surface area contributed by atoms with Crippen LogP contribution in [0.5, 0.6) is 0 Å². The number of nitrogens with zero attached hydrogens (tertiary/aromatic N) is 1. The minimum atomic E-state index is -0.812. The first-order chi connectivity index (χ1) is 6.25. The van der Waals surface area contributed by atoms with Crippen LogP contribution in [0.25, 0.3) is 0 Å². The summed E-state index contributed by atoms with van der Waals surface area (Å²) in [6.45, 7) is 0. The van der Waals surface area contributed by atoms with Crippen molar-refractivity contribution in [3.63, 3.8) is 0 Å². The molecule has 0 aromatic carbocycles. The number of hydrogen-bond donors (Lipinski definition) is 1. The highest BCUT2D eigenvalue weighted by molar-refractivity contribution is 7.98. The van der Waals surface area contributed by atoms with Gasteiger partial charge in [-0.1, -0.05) is 6.07 Å². The van der Waals surface area contributed by atoms with E-state index in [1.807, 2.05) is 6.26 Å². The van der Waals surface area contributed by atoms with Crippen LogP contribution < -0.4 is 0 Å². The summed E-state index contributed by atoms with van der Waals surface area (Å²) in [5.74, 6) is -0.740. The molecule has 0 bridgehead atoms. The van der Waals surface area contributed by atoms with Gasteiger partial charge in [-0.05, 0) is 18.4 Å². The van der Waals surface area contributed by atoms with Crippen LogP contribution in [0, 0.1) is 0 Å². The van der Waals surface area contributed by atoms with Crippen molar-refractivity contribution in [2.24, 2.45) is 0 Å². The molecule has 3 nitrogen and oxygen atoms in total. The second-order valence-electron chi connectivity index (χ2n) is 2.60. The van der Waals surface area contributed by atoms with Gasteiger partial charge in [0.05, 0.1) is 5.69 Å². The zero-order valence-electron chi connectivity index (χ0n) is 7.30. The van der Waals surface area contributed by atoms with E-state index in [2.05, 4.69) is 4.98 Å². The molecule has 0 saturated carbocycles. The zero-order valence-corrected chi connectivity index (χ0v) is 8.12. The summed E-state index contributed by atoms with van der Waals surface area (Å²) in [6.07, 6.45) is 3.50. The lowest BCUT2D eigenvalue weighted by atomic mass is 10.1. The maximum absolute atomic E-state index is 10.8. The molecular formula is C9H11NO2S. The van der Waals surface area contributed by atoms with Gasteiger partial charge in [0.15, 0.2) is 0 Å². The number of rotatable bonds is 4. The number of aromatic nitrogens is 1. The summed E-state index contributed by atoms with van der Waals surface area (Å²) < 4.78 is 0. The van der Waals surface area contributed by atoms with E-state index in [0.29, 0.717) is 11.4 Å². The van der Waals surface area contributed by atoms with Gasteiger partial charge >= 0.3 is 5.97 Å². The van der Waals surface area contributed by atoms with Gasteiger partial charge in [-0.3, -0.25) is 9.78 Å². The fourth-order valence-corrected chi connectivity index (χ4v) is 1.68. The van der Waals surface area contributed by atoms with Crippen LogP contribution in [-0.4, -0.2) is 28.1 Å². The molecule has 0 amide bonds. The third kappa shape index (κ3) is 2.73. The number of pyridine rings is 1. The van der Waals surface area contributed by atoms with Gasteiger partial charge in [-0.15, -0.1) is 0 Å². The molecule has 0 aliphatic rings. The molecule has 0 saturated heterocycles. The van der Waals surface area contributed by atoms with E-state index in [1.165, 1.54) is 11.8 Å². The quantitative estimate of drug-likeness (QED) is 0.796. The lowest BCUT2D eigenvalue weighted by Crippen LogP contribution is -2.15. The molecule has 1 atom stereocenters. The van der Waals surface area contributed by atoms with Crippen molar-refractivity contribution < 1.29 is 9.90 Å². The van der Waals surface area contributed by atoms with Crippen molar-refractivity contribution in [1.82, 2.24) is 4.98 Å². The van der Waals surface area contributed by atoms with E-state index >= 15 is 0 Å². The number of carboxylic acid groups (broad SMARTS) is 1. The molecule has 0 spiro atoms. The first-order valence-corrected chi connectivity index (χ1v) is 5.27. The molecule has 1 heterocycles. The molecule has 0 aliphatic heterocycles. The Morgan fingerprint density at radius 1 is 1.69 bits per heavy atom. The van der Waals surface area contributed by atoms with E-state index in [0.717, 1.165) is 0 Å². The van der Waals surface area contributed by atoms with Crippen LogP contribution in [0.4, 0.5) is 0 Å². The smallest absolute Gasteiger partial charge is 0.313 e. The molecule has 4 heteroatoms. The maximum atomic E-state index is 10.8. The average Bonchev–Trinajstić information content (AvgIpc) is 2.15. The summed E-state index contributed by atoms with van der Waals surface area (Å²) in [4.78, 5) is 14.9. The molecule has 0 aliphatic carbocycles. The lowest BCUT2D eigenvalue weighted by Gasteiger charge is -2.08. The second-order valence-corrected chi connectivity index (χ2v) is 3.51. The van der Waals surface area contributed by atoms with E-state index in [4.69, 9.17) is 5.11 Å². The van der Waals surface area contributed by atoms with Crippen LogP contribution >= 0.6 is 11.8 Å². The zero-order chi connectivity index (χ0) is 9.68. The number of carboxylic acids is 1. The molecule has 1 rings (SSSR count). The first-order valence-electron chi connectivity index (χ1n) is 3.88. The van der Waals surface area contributed by atoms with Gasteiger partial charge in [-0.2, -0.15) is 11.8 Å². The topological polar surface area (TPSA) is 50.2 Å². The van der Waals surface area contributed by atoms with Crippen LogP contribution in [0.3, 0.4) is 0 Å². The molecule has 70 valence electrons. The highest BCUT2D eigenvalue weighted by Crippen LogP contribution is 2.17. The van der Waals surface area contributed by atoms with Crippen LogP contribution in [0.2, 0.25) is 0 Å². The predicted molar refractivity (Wildman–Crippen MR) is 53.0 cm³/mol. The Balaban J connectivity index is 2.82. The molecular weight excluding hydrogens is 186 g/mol. The van der Waals surface area contributed by atoms with Crippen molar-refractivity contribution in [2.45, 2.75) is 5.92 Å². The number of thioether (sulfide) groups is 1. The summed E-state index contributed by atoms with van der Waals surface area (Å²) in [6, 6.07) is 5.33. The largest absolute Gasteiger partial charge is 0.481 e. The third-order valence-corrected chi connectivity index (χ3v) is 2.34. The number of aliphatic carboxylic acids is 1. The van der Waals surface area contributed by atoms with Gasteiger partial charge in [-0.25, -0.2) is 0 Å². The average molecular weight is 197 g/mol. The van der Waals surface area contributed by atoms with Gasteiger partial charge in [0.2, 0.25) is 0 Å². The molecule has 0 fully saturated rings. The Kier molecular flexibility index (Phi) is 3.76. The molecule has 1 N–H and O–H groups in total. The lowest BCUT2D eigenvalue weighted by molar-refractivity contribution is -0.138. The summed E-state index contributed by atoms with van der Waals surface area (Å²) >= 11 is 1.51. The molecule has 13 heavy (non-hydrogen) atoms. The van der Waals surface area contributed by atoms with Gasteiger partial charge in [0.1, 0.15) is 5.92 Å². The fourth-order valence-electron chi connectivity index (χ4n) is 1.03. The Morgan fingerprint density at radius 2 is 2.46 bits per heavy atom. The minimum absolute atomic E-state index is 0.490. The predicted octanol–water partition coefficient (Wildman–Crippen LogP) is 1.61. The Labute approximate surface area is 81.2 Å². The van der Waals surface area contributed by atoms with Gasteiger partial charge in [0, 0.05) is 11.9 Å². The van der Waals surface area contributed by atoms with Crippen LogP contribution in [0.1, 0.15) is 11.6 Å². The number of carbonyl (C=O) groups is 1. The summed E-state index contributed by atoms with van der Waals surface area (Å²) in [7, 11) is 0. The Hall–Kier alpha value is -1.03. The number of hydrogen-bond acceptors (Lipinski definition) is 3. The summed E-state index contributed by atoms with van der Waals surface area (Å²) in [5, 5.41) is 8.90. The van der Waals surface area contributed by atoms with Crippen LogP contribution in [0.15, 0.2) is 24.4 Å². The van der Waals surface area contributed by atoms with Crippen molar-refractivity contribution in [2.75, 3.05) is 12.0 Å². The van der Waals surface area contributed by atoms with Crippen LogP contribution in [-0.2, 0) is 4.79 Å². The highest BCUT2D eigenvalue weighted by atomic mass is 32.2. The normalized spacial score (nSPS) is 12.4. The molecule has 1 unspecified atom stereocenters. The third-order valence-electron chi connectivity index (χ3n) is 1.68. The highest BCUT2D eigenvalue weighted by Gasteiger charge is 2.19. The van der Waals surface area contributed by atoms with Gasteiger partial charge < -0.3 is 5.11 Å². The molecule has 1 aromatic heterocycles. The Morgan fingerprint density at radius 3 is 2.92 bits per heavy atom. The first kappa shape index (κ1) is 10.1. The molecule has 0 radical (unpaired) electrons. The van der Waals surface area contributed by atoms with Crippen molar-refractivity contribution in [3.8, 4) is 0 Å². The van der Waals surface area contributed by atoms with Crippen molar-refractivity contribution in [1.29, 1.82) is 0 Å². The minimum Gasteiger partial charge on any atom is -0.481 e. The standard InChI is InChI=1S/C9H11NO2S/c1-13-6-7(9(11)12)8-4-2-3-5-10-8/h2-5,7H,6H2,1H3,(H,11,12). The summed E-state index contributed by atoms with van der Waals surface area (Å²) in [5.41, 5.74) is 0.629. The SMILES string of the molecule is CSCC(C(=O)O)c1ccccn1.